The fourth-order valence-electron chi connectivity index (χ4n) is 1.59. The summed E-state index contributed by atoms with van der Waals surface area (Å²) in [6, 6.07) is 6.42. The van der Waals surface area contributed by atoms with Crippen molar-refractivity contribution in [1.82, 2.24) is 5.32 Å². The number of amides is 1. The summed E-state index contributed by atoms with van der Waals surface area (Å²) in [5, 5.41) is 2.98. The molecule has 1 atom stereocenters. The molecule has 0 spiro atoms. The first-order chi connectivity index (χ1) is 9.35. The minimum atomic E-state index is -0.478. The highest BCUT2D eigenvalue weighted by Gasteiger charge is 2.28. The Balaban J connectivity index is 2.53. The van der Waals surface area contributed by atoms with Gasteiger partial charge in [0.25, 0.3) is 0 Å². The molecule has 1 rings (SSSR count). The molecule has 0 bridgehead atoms. The molecule has 20 heavy (non-hydrogen) atoms. The number of nitrogens with one attached hydrogen (secondary N) is 1. The van der Waals surface area contributed by atoms with E-state index in [-0.39, 0.29) is 17.8 Å². The molecule has 0 radical (unpaired) electrons. The third-order valence-corrected chi connectivity index (χ3v) is 4.40. The van der Waals surface area contributed by atoms with Crippen molar-refractivity contribution in [2.75, 3.05) is 5.75 Å². The highest BCUT2D eigenvalue weighted by Crippen LogP contribution is 2.28. The van der Waals surface area contributed by atoms with E-state index in [1.54, 1.807) is 30.0 Å². The Morgan fingerprint density at radius 1 is 1.45 bits per heavy atom. The number of benzene rings is 1. The second-order valence-electron chi connectivity index (χ2n) is 5.53. The zero-order chi connectivity index (χ0) is 15.2. The topological polar surface area (TPSA) is 29.1 Å². The summed E-state index contributed by atoms with van der Waals surface area (Å²) in [4.78, 5) is 13.2. The Morgan fingerprint density at radius 2 is 2.05 bits per heavy atom. The fraction of sp³-hybridized carbons (Fsp3) is 0.438. The average molecular weight is 295 g/mol. The van der Waals surface area contributed by atoms with E-state index in [2.05, 4.69) is 11.9 Å². The molecule has 0 aliphatic rings. The first kappa shape index (κ1) is 16.8. The third-order valence-electron chi connectivity index (χ3n) is 2.93. The first-order valence-corrected chi connectivity index (χ1v) is 7.64. The lowest BCUT2D eigenvalue weighted by Crippen LogP contribution is -2.42. The van der Waals surface area contributed by atoms with E-state index >= 15 is 0 Å². The van der Waals surface area contributed by atoms with E-state index in [1.165, 1.54) is 12.1 Å². The Labute approximate surface area is 124 Å². The SMILES string of the molecule is C=CCC(C)NC(=O)C(C)(C)CSc1ccc(F)cc1. The van der Waals surface area contributed by atoms with E-state index < -0.39 is 5.41 Å². The minimum absolute atomic E-state index is 0.0291. The maximum atomic E-state index is 12.8. The van der Waals surface area contributed by atoms with Crippen LogP contribution in [0.5, 0.6) is 0 Å². The lowest BCUT2D eigenvalue weighted by molar-refractivity contribution is -0.128. The van der Waals surface area contributed by atoms with Gasteiger partial charge in [0.2, 0.25) is 5.91 Å². The molecule has 4 heteroatoms. The molecule has 0 aliphatic carbocycles. The van der Waals surface area contributed by atoms with Crippen LogP contribution in [-0.2, 0) is 4.79 Å². The number of rotatable bonds is 7. The van der Waals surface area contributed by atoms with Crippen molar-refractivity contribution >= 4 is 17.7 Å². The third kappa shape index (κ3) is 5.37. The number of carbonyl (C=O) groups is 1. The number of carbonyl (C=O) groups excluding carboxylic acids is 1. The van der Waals surface area contributed by atoms with Gasteiger partial charge in [0, 0.05) is 16.7 Å². The summed E-state index contributed by atoms with van der Waals surface area (Å²) in [6.45, 7) is 9.46. The number of thioether (sulfide) groups is 1. The Bertz CT molecular complexity index is 456. The van der Waals surface area contributed by atoms with E-state index in [4.69, 9.17) is 0 Å². The molecule has 110 valence electrons. The van der Waals surface area contributed by atoms with E-state index in [0.717, 1.165) is 11.3 Å². The summed E-state index contributed by atoms with van der Waals surface area (Å²) in [7, 11) is 0. The first-order valence-electron chi connectivity index (χ1n) is 6.65. The van der Waals surface area contributed by atoms with Crippen LogP contribution in [0.1, 0.15) is 27.2 Å². The molecule has 0 saturated heterocycles. The molecule has 1 amide bonds. The Kier molecular flexibility index (Phi) is 6.27. The number of halogens is 1. The molecule has 1 unspecified atom stereocenters. The maximum absolute atomic E-state index is 12.8. The second kappa shape index (κ2) is 7.48. The van der Waals surface area contributed by atoms with E-state index in [9.17, 15) is 9.18 Å². The van der Waals surface area contributed by atoms with Gasteiger partial charge in [0.1, 0.15) is 5.82 Å². The summed E-state index contributed by atoms with van der Waals surface area (Å²) < 4.78 is 12.8. The standard InChI is InChI=1S/C16H22FNOS/c1-5-6-12(2)18-15(19)16(3,4)11-20-14-9-7-13(17)8-10-14/h5,7-10,12H,1,6,11H2,2-4H3,(H,18,19). The van der Waals surface area contributed by atoms with Crippen molar-refractivity contribution in [1.29, 1.82) is 0 Å². The quantitative estimate of drug-likeness (QED) is 0.608. The molecule has 0 aliphatic heterocycles. The van der Waals surface area contributed by atoms with Gasteiger partial charge >= 0.3 is 0 Å². The highest BCUT2D eigenvalue weighted by atomic mass is 32.2. The fourth-order valence-corrected chi connectivity index (χ4v) is 2.58. The molecule has 0 fully saturated rings. The largest absolute Gasteiger partial charge is 0.353 e. The van der Waals surface area contributed by atoms with Gasteiger partial charge < -0.3 is 5.32 Å². The van der Waals surface area contributed by atoms with Gasteiger partial charge in [0.05, 0.1) is 5.41 Å². The lowest BCUT2D eigenvalue weighted by atomic mass is 9.94. The summed E-state index contributed by atoms with van der Waals surface area (Å²) in [5.41, 5.74) is -0.478. The predicted molar refractivity (Wildman–Crippen MR) is 83.3 cm³/mol. The molecule has 0 heterocycles. The van der Waals surface area contributed by atoms with Crippen molar-refractivity contribution < 1.29 is 9.18 Å². The van der Waals surface area contributed by atoms with Crippen LogP contribution in [0.4, 0.5) is 4.39 Å². The normalized spacial score (nSPS) is 12.8. The molecule has 2 nitrogen and oxygen atoms in total. The van der Waals surface area contributed by atoms with Gasteiger partial charge in [0.15, 0.2) is 0 Å². The predicted octanol–water partition coefficient (Wildman–Crippen LogP) is 4.02. The van der Waals surface area contributed by atoms with Gasteiger partial charge in [-0.1, -0.05) is 19.9 Å². The van der Waals surface area contributed by atoms with Crippen LogP contribution in [-0.4, -0.2) is 17.7 Å². The zero-order valence-electron chi connectivity index (χ0n) is 12.3. The van der Waals surface area contributed by atoms with E-state index in [1.807, 2.05) is 20.8 Å². The second-order valence-corrected chi connectivity index (χ2v) is 6.57. The van der Waals surface area contributed by atoms with Crippen molar-refractivity contribution in [3.05, 3.63) is 42.7 Å². The van der Waals surface area contributed by atoms with Crippen LogP contribution in [0, 0.1) is 11.2 Å². The highest BCUT2D eigenvalue weighted by molar-refractivity contribution is 7.99. The van der Waals surface area contributed by atoms with Crippen LogP contribution in [0.3, 0.4) is 0 Å². The van der Waals surface area contributed by atoms with Gasteiger partial charge in [-0.25, -0.2) is 4.39 Å². The Hall–Kier alpha value is -1.29. The lowest BCUT2D eigenvalue weighted by Gasteiger charge is -2.25. The van der Waals surface area contributed by atoms with Crippen molar-refractivity contribution in [3.8, 4) is 0 Å². The summed E-state index contributed by atoms with van der Waals surface area (Å²) >= 11 is 1.56. The molecule has 0 saturated carbocycles. The molecule has 1 N–H and O–H groups in total. The van der Waals surface area contributed by atoms with Crippen LogP contribution in [0.15, 0.2) is 41.8 Å². The molecular weight excluding hydrogens is 273 g/mol. The Morgan fingerprint density at radius 3 is 2.60 bits per heavy atom. The van der Waals surface area contributed by atoms with Crippen LogP contribution in [0.2, 0.25) is 0 Å². The van der Waals surface area contributed by atoms with Gasteiger partial charge in [-0.15, -0.1) is 18.3 Å². The number of hydrogen-bond acceptors (Lipinski definition) is 2. The smallest absolute Gasteiger partial charge is 0.226 e. The van der Waals surface area contributed by atoms with Crippen molar-refractivity contribution in [2.45, 2.75) is 38.1 Å². The van der Waals surface area contributed by atoms with Gasteiger partial charge in [-0.2, -0.15) is 0 Å². The maximum Gasteiger partial charge on any atom is 0.226 e. The minimum Gasteiger partial charge on any atom is -0.353 e. The van der Waals surface area contributed by atoms with Crippen molar-refractivity contribution in [2.24, 2.45) is 5.41 Å². The molecule has 0 aromatic heterocycles. The van der Waals surface area contributed by atoms with Crippen LogP contribution < -0.4 is 5.32 Å². The average Bonchev–Trinajstić information content (AvgIpc) is 2.38. The number of hydrogen-bond donors (Lipinski definition) is 1. The summed E-state index contributed by atoms with van der Waals surface area (Å²) in [5.74, 6) is 0.428. The molecular formula is C16H22FNOS. The molecule has 1 aromatic rings. The van der Waals surface area contributed by atoms with Gasteiger partial charge in [-0.3, -0.25) is 4.79 Å². The van der Waals surface area contributed by atoms with Crippen LogP contribution >= 0.6 is 11.8 Å². The van der Waals surface area contributed by atoms with Gasteiger partial charge in [-0.05, 0) is 37.6 Å². The van der Waals surface area contributed by atoms with E-state index in [0.29, 0.717) is 5.75 Å². The van der Waals surface area contributed by atoms with Crippen molar-refractivity contribution in [3.63, 3.8) is 0 Å². The molecule has 1 aromatic carbocycles. The monoisotopic (exact) mass is 295 g/mol. The zero-order valence-corrected chi connectivity index (χ0v) is 13.1. The van der Waals surface area contributed by atoms with Crippen LogP contribution in [0.25, 0.3) is 0 Å². The summed E-state index contributed by atoms with van der Waals surface area (Å²) in [6.07, 6.45) is 2.55.